The van der Waals surface area contributed by atoms with E-state index in [0.717, 1.165) is 37.0 Å². The molecule has 1 aliphatic heterocycles. The van der Waals surface area contributed by atoms with Crippen LogP contribution in [0.2, 0.25) is 0 Å². The number of carboxylic acids is 1. The molecule has 0 bridgehead atoms. The van der Waals surface area contributed by atoms with Crippen LogP contribution in [0.4, 0.5) is 0 Å². The minimum atomic E-state index is -3.71. The van der Waals surface area contributed by atoms with Gasteiger partial charge in [-0.25, -0.2) is 13.2 Å². The third-order valence-corrected chi connectivity index (χ3v) is 8.16. The Hall–Kier alpha value is -1.71. The minimum absolute atomic E-state index is 0.0172. The second-order valence-corrected chi connectivity index (χ2v) is 9.59. The molecule has 1 aromatic rings. The Morgan fingerprint density at radius 3 is 2.23 bits per heavy atom. The van der Waals surface area contributed by atoms with Crippen molar-refractivity contribution >= 4 is 33.2 Å². The van der Waals surface area contributed by atoms with Crippen molar-refractivity contribution < 1.29 is 23.1 Å². The van der Waals surface area contributed by atoms with E-state index in [9.17, 15) is 18.0 Å². The molecule has 1 aromatic heterocycles. The molecule has 0 saturated carbocycles. The van der Waals surface area contributed by atoms with Gasteiger partial charge in [0, 0.05) is 37.5 Å². The zero-order chi connectivity index (χ0) is 18.7. The minimum Gasteiger partial charge on any atom is -0.478 e. The summed E-state index contributed by atoms with van der Waals surface area (Å²) >= 11 is 0.913. The van der Waals surface area contributed by atoms with Crippen molar-refractivity contribution in [3.8, 4) is 0 Å². The number of carboxylic acid groups (broad SMARTS) is 1. The smallest absolute Gasteiger partial charge is 0.336 e. The summed E-state index contributed by atoms with van der Waals surface area (Å²) in [6, 6.07) is 1.19. The summed E-state index contributed by atoms with van der Waals surface area (Å²) in [5.74, 6) is -1.00. The Bertz CT molecular complexity index is 797. The van der Waals surface area contributed by atoms with Crippen LogP contribution in [0.1, 0.15) is 36.0 Å². The van der Waals surface area contributed by atoms with E-state index in [1.165, 1.54) is 15.8 Å². The van der Waals surface area contributed by atoms with Crippen LogP contribution in [-0.4, -0.2) is 60.8 Å². The van der Waals surface area contributed by atoms with Crippen LogP contribution in [0.25, 0.3) is 0 Å². The lowest BCUT2D eigenvalue weighted by Crippen LogP contribution is -2.51. The zero-order valence-electron chi connectivity index (χ0n) is 14.3. The number of hydrogen-bond donors (Lipinski definition) is 1. The monoisotopic (exact) mass is 398 g/mol. The van der Waals surface area contributed by atoms with E-state index < -0.39 is 16.0 Å². The summed E-state index contributed by atoms with van der Waals surface area (Å²) < 4.78 is 26.7. The maximum atomic E-state index is 12.7. The lowest BCUT2D eigenvalue weighted by molar-refractivity contribution is -0.137. The van der Waals surface area contributed by atoms with Crippen molar-refractivity contribution in [3.63, 3.8) is 0 Å². The molecule has 1 aliphatic carbocycles. The number of rotatable bonds is 4. The van der Waals surface area contributed by atoms with Gasteiger partial charge in [-0.05, 0) is 31.7 Å². The molecule has 0 aromatic carbocycles. The Morgan fingerprint density at radius 1 is 1.08 bits per heavy atom. The molecule has 3 rings (SSSR count). The van der Waals surface area contributed by atoms with E-state index in [4.69, 9.17) is 5.11 Å². The third-order valence-electron chi connectivity index (χ3n) is 4.85. The number of sulfonamides is 1. The molecule has 1 saturated heterocycles. The summed E-state index contributed by atoms with van der Waals surface area (Å²) in [6.07, 6.45) is 7.75. The molecule has 7 nitrogen and oxygen atoms in total. The van der Waals surface area contributed by atoms with Crippen molar-refractivity contribution in [1.82, 2.24) is 9.21 Å². The SMILES string of the molecule is O=C(O)c1csc(S(=O)(=O)N2CCN(C(=O)C3CCC=CCC3)CC2)c1. The van der Waals surface area contributed by atoms with Gasteiger partial charge in [0.2, 0.25) is 5.91 Å². The summed E-state index contributed by atoms with van der Waals surface area (Å²) in [5.41, 5.74) is -0.0237. The maximum absolute atomic E-state index is 12.7. The highest BCUT2D eigenvalue weighted by molar-refractivity contribution is 7.91. The number of thiophene rings is 1. The lowest BCUT2D eigenvalue weighted by atomic mass is 9.98. The summed E-state index contributed by atoms with van der Waals surface area (Å²) in [6.45, 7) is 1.22. The van der Waals surface area contributed by atoms with Crippen molar-refractivity contribution in [2.45, 2.75) is 29.9 Å². The molecule has 2 aliphatic rings. The number of hydrogen-bond acceptors (Lipinski definition) is 5. The standard InChI is InChI=1S/C17H22N2O5S2/c20-16(13-5-3-1-2-4-6-13)18-7-9-19(10-8-18)26(23,24)15-11-14(12-25-15)17(21)22/h1-2,11-13H,3-10H2,(H,21,22). The second-order valence-electron chi connectivity index (χ2n) is 6.51. The lowest BCUT2D eigenvalue weighted by Gasteiger charge is -2.35. The fourth-order valence-electron chi connectivity index (χ4n) is 3.32. The van der Waals surface area contributed by atoms with Crippen LogP contribution in [0.5, 0.6) is 0 Å². The molecule has 1 fully saturated rings. The highest BCUT2D eigenvalue weighted by atomic mass is 32.2. The highest BCUT2D eigenvalue weighted by Crippen LogP contribution is 2.26. The van der Waals surface area contributed by atoms with E-state index >= 15 is 0 Å². The van der Waals surface area contributed by atoms with Gasteiger partial charge in [0.05, 0.1) is 5.56 Å². The van der Waals surface area contributed by atoms with Crippen molar-refractivity contribution in [1.29, 1.82) is 0 Å². The quantitative estimate of drug-likeness (QED) is 0.783. The molecule has 0 radical (unpaired) electrons. The normalized spacial score (nSPS) is 20.1. The molecule has 0 atom stereocenters. The average molecular weight is 399 g/mol. The highest BCUT2D eigenvalue weighted by Gasteiger charge is 2.33. The van der Waals surface area contributed by atoms with Gasteiger partial charge in [0.25, 0.3) is 10.0 Å². The van der Waals surface area contributed by atoms with Crippen LogP contribution < -0.4 is 0 Å². The van der Waals surface area contributed by atoms with Gasteiger partial charge >= 0.3 is 5.97 Å². The van der Waals surface area contributed by atoms with E-state index in [0.29, 0.717) is 13.1 Å². The Balaban J connectivity index is 1.62. The number of nitrogens with zero attached hydrogens (tertiary/aromatic N) is 2. The number of carbonyl (C=O) groups excluding carboxylic acids is 1. The largest absolute Gasteiger partial charge is 0.478 e. The van der Waals surface area contributed by atoms with Gasteiger partial charge in [0.15, 0.2) is 0 Å². The molecule has 1 amide bonds. The van der Waals surface area contributed by atoms with Crippen molar-refractivity contribution in [2.24, 2.45) is 5.92 Å². The molecule has 2 heterocycles. The van der Waals surface area contributed by atoms with E-state index in [1.54, 1.807) is 4.90 Å². The van der Waals surface area contributed by atoms with Gasteiger partial charge in [-0.3, -0.25) is 4.79 Å². The summed E-state index contributed by atoms with van der Waals surface area (Å²) in [4.78, 5) is 25.4. The van der Waals surface area contributed by atoms with Crippen LogP contribution in [0, 0.1) is 5.92 Å². The molecule has 142 valence electrons. The Morgan fingerprint density at radius 2 is 1.69 bits per heavy atom. The third kappa shape index (κ3) is 3.99. The Labute approximate surface area is 157 Å². The molecule has 0 spiro atoms. The van der Waals surface area contributed by atoms with Gasteiger partial charge in [-0.1, -0.05) is 12.2 Å². The number of aromatic carboxylic acids is 1. The van der Waals surface area contributed by atoms with Crippen LogP contribution >= 0.6 is 11.3 Å². The molecule has 26 heavy (non-hydrogen) atoms. The average Bonchev–Trinajstić information content (AvgIpc) is 2.99. The van der Waals surface area contributed by atoms with Crippen LogP contribution in [-0.2, 0) is 14.8 Å². The van der Waals surface area contributed by atoms with Crippen molar-refractivity contribution in [3.05, 3.63) is 29.2 Å². The van der Waals surface area contributed by atoms with Gasteiger partial charge in [0.1, 0.15) is 4.21 Å². The fraction of sp³-hybridized carbons (Fsp3) is 0.529. The second kappa shape index (κ2) is 7.89. The van der Waals surface area contributed by atoms with E-state index in [-0.39, 0.29) is 34.7 Å². The Kier molecular flexibility index (Phi) is 5.79. The van der Waals surface area contributed by atoms with Gasteiger partial charge in [-0.2, -0.15) is 4.31 Å². The van der Waals surface area contributed by atoms with Crippen molar-refractivity contribution in [2.75, 3.05) is 26.2 Å². The van der Waals surface area contributed by atoms with E-state index in [1.807, 2.05) is 0 Å². The number of amides is 1. The number of piperazine rings is 1. The first kappa shape index (κ1) is 19.1. The van der Waals surface area contributed by atoms with E-state index in [2.05, 4.69) is 12.2 Å². The van der Waals surface area contributed by atoms with Gasteiger partial charge in [-0.15, -0.1) is 11.3 Å². The molecule has 9 heteroatoms. The predicted octanol–water partition coefficient (Wildman–Crippen LogP) is 2.03. The molecule has 0 unspecified atom stereocenters. The first-order valence-corrected chi connectivity index (χ1v) is 11.0. The zero-order valence-corrected chi connectivity index (χ0v) is 16.0. The first-order chi connectivity index (χ1) is 12.4. The summed E-state index contributed by atoms with van der Waals surface area (Å²) in [7, 11) is -3.71. The molecular weight excluding hydrogens is 376 g/mol. The van der Waals surface area contributed by atoms with Gasteiger partial charge < -0.3 is 10.0 Å². The van der Waals surface area contributed by atoms with Crippen LogP contribution in [0.3, 0.4) is 0 Å². The summed E-state index contributed by atoms with van der Waals surface area (Å²) in [5, 5.41) is 10.3. The number of allylic oxidation sites excluding steroid dienone is 2. The van der Waals surface area contributed by atoms with Crippen LogP contribution in [0.15, 0.2) is 27.8 Å². The topological polar surface area (TPSA) is 95.0 Å². The predicted molar refractivity (Wildman–Crippen MR) is 97.7 cm³/mol. The molecule has 1 N–H and O–H groups in total. The maximum Gasteiger partial charge on any atom is 0.336 e. The first-order valence-electron chi connectivity index (χ1n) is 8.65. The fourth-order valence-corrected chi connectivity index (χ4v) is 6.05. The number of carbonyl (C=O) groups is 2. The molecular formula is C17H22N2O5S2.